The molecule has 1 saturated carbocycles. The molecular formula is C10H14BrF2N3. The molecule has 0 N–H and O–H groups in total. The van der Waals surface area contributed by atoms with E-state index >= 15 is 0 Å². The Bertz CT molecular complexity index is 368. The highest BCUT2D eigenvalue weighted by Gasteiger charge is 2.36. The van der Waals surface area contributed by atoms with E-state index in [2.05, 4.69) is 26.1 Å². The van der Waals surface area contributed by atoms with Gasteiger partial charge in [-0.15, -0.1) is 10.2 Å². The van der Waals surface area contributed by atoms with Crippen molar-refractivity contribution in [3.63, 3.8) is 0 Å². The second-order valence-corrected chi connectivity index (χ2v) is 4.86. The average Bonchev–Trinajstić information content (AvgIpc) is 2.60. The topological polar surface area (TPSA) is 30.7 Å². The summed E-state index contributed by atoms with van der Waals surface area (Å²) in [6, 6.07) is 0. The maximum Gasteiger partial charge on any atom is 0.248 e. The highest BCUT2D eigenvalue weighted by molar-refractivity contribution is 9.08. The van der Waals surface area contributed by atoms with Crippen molar-refractivity contribution in [1.82, 2.24) is 14.8 Å². The van der Waals surface area contributed by atoms with Crippen molar-refractivity contribution in [3.05, 3.63) is 11.6 Å². The van der Waals surface area contributed by atoms with Crippen LogP contribution in [0.25, 0.3) is 0 Å². The molecule has 1 aliphatic rings. The van der Waals surface area contributed by atoms with E-state index in [1.165, 1.54) is 0 Å². The second kappa shape index (κ2) is 4.39. The van der Waals surface area contributed by atoms with E-state index in [1.54, 1.807) is 0 Å². The molecule has 0 radical (unpaired) electrons. The van der Waals surface area contributed by atoms with Gasteiger partial charge in [0.15, 0.2) is 0 Å². The molecule has 1 aliphatic carbocycles. The van der Waals surface area contributed by atoms with Crippen LogP contribution in [0.1, 0.15) is 43.3 Å². The summed E-state index contributed by atoms with van der Waals surface area (Å²) in [5.74, 6) is -0.671. The molecule has 0 amide bonds. The van der Waals surface area contributed by atoms with E-state index in [1.807, 2.05) is 11.6 Å². The molecule has 1 heterocycles. The molecule has 0 aliphatic heterocycles. The lowest BCUT2D eigenvalue weighted by Crippen LogP contribution is -2.25. The summed E-state index contributed by atoms with van der Waals surface area (Å²) in [6.07, 6.45) is 0.935. The predicted molar refractivity (Wildman–Crippen MR) is 59.8 cm³/mol. The average molecular weight is 294 g/mol. The molecule has 0 saturated heterocycles. The molecule has 6 heteroatoms. The van der Waals surface area contributed by atoms with E-state index in [-0.39, 0.29) is 18.8 Å². The van der Waals surface area contributed by atoms with E-state index < -0.39 is 5.92 Å². The van der Waals surface area contributed by atoms with Crippen LogP contribution in [0.15, 0.2) is 0 Å². The fourth-order valence-corrected chi connectivity index (χ4v) is 2.63. The van der Waals surface area contributed by atoms with Crippen molar-refractivity contribution < 1.29 is 8.78 Å². The molecule has 0 bridgehead atoms. The largest absolute Gasteiger partial charge is 0.317 e. The molecule has 0 aromatic carbocycles. The maximum atomic E-state index is 13.0. The van der Waals surface area contributed by atoms with E-state index in [0.717, 1.165) is 11.6 Å². The molecule has 1 aromatic heterocycles. The number of aromatic nitrogens is 3. The van der Waals surface area contributed by atoms with Crippen molar-refractivity contribution >= 4 is 15.9 Å². The Kier molecular flexibility index (Phi) is 3.28. The summed E-state index contributed by atoms with van der Waals surface area (Å²) in [5.41, 5.74) is 0. The molecular weight excluding hydrogens is 280 g/mol. The number of nitrogens with zero attached hydrogens (tertiary/aromatic N) is 3. The standard InChI is InChI=1S/C10H14BrF2N3/c1-16-8(6-11)14-15-9(16)7-2-4-10(12,13)5-3-7/h7H,2-6H2,1H3. The minimum Gasteiger partial charge on any atom is -0.317 e. The minimum atomic E-state index is -2.48. The number of hydrogen-bond acceptors (Lipinski definition) is 2. The zero-order valence-corrected chi connectivity index (χ0v) is 10.7. The molecule has 1 fully saturated rings. The van der Waals surface area contributed by atoms with Crippen molar-refractivity contribution in [1.29, 1.82) is 0 Å². The van der Waals surface area contributed by atoms with Gasteiger partial charge >= 0.3 is 0 Å². The first-order chi connectivity index (χ1) is 7.53. The van der Waals surface area contributed by atoms with Gasteiger partial charge in [-0.2, -0.15) is 0 Å². The summed E-state index contributed by atoms with van der Waals surface area (Å²) >= 11 is 3.32. The van der Waals surface area contributed by atoms with Crippen LogP contribution in [0.2, 0.25) is 0 Å². The number of rotatable bonds is 2. The Morgan fingerprint density at radius 3 is 2.50 bits per heavy atom. The third kappa shape index (κ3) is 2.26. The molecule has 2 rings (SSSR count). The van der Waals surface area contributed by atoms with Crippen LogP contribution in [0.5, 0.6) is 0 Å². The first-order valence-electron chi connectivity index (χ1n) is 5.35. The van der Waals surface area contributed by atoms with Crippen molar-refractivity contribution in [2.75, 3.05) is 0 Å². The first-order valence-corrected chi connectivity index (χ1v) is 6.47. The van der Waals surface area contributed by atoms with Gasteiger partial charge in [-0.05, 0) is 12.8 Å². The van der Waals surface area contributed by atoms with Crippen molar-refractivity contribution in [2.24, 2.45) is 7.05 Å². The summed E-state index contributed by atoms with van der Waals surface area (Å²) in [7, 11) is 1.89. The number of hydrogen-bond donors (Lipinski definition) is 0. The quantitative estimate of drug-likeness (QED) is 0.785. The summed E-state index contributed by atoms with van der Waals surface area (Å²) in [6.45, 7) is 0. The van der Waals surface area contributed by atoms with Crippen LogP contribution in [-0.2, 0) is 12.4 Å². The summed E-state index contributed by atoms with van der Waals surface area (Å²) < 4.78 is 27.9. The monoisotopic (exact) mass is 293 g/mol. The minimum absolute atomic E-state index is 0.0336. The van der Waals surface area contributed by atoms with Crippen LogP contribution in [0.3, 0.4) is 0 Å². The number of halogens is 3. The highest BCUT2D eigenvalue weighted by atomic mass is 79.9. The van der Waals surface area contributed by atoms with Gasteiger partial charge in [0.2, 0.25) is 5.92 Å². The normalized spacial score (nSPS) is 21.2. The van der Waals surface area contributed by atoms with Gasteiger partial charge in [-0.1, -0.05) is 15.9 Å². The van der Waals surface area contributed by atoms with Crippen molar-refractivity contribution in [3.8, 4) is 0 Å². The van der Waals surface area contributed by atoms with E-state index in [0.29, 0.717) is 18.2 Å². The third-order valence-electron chi connectivity index (χ3n) is 3.20. The van der Waals surface area contributed by atoms with E-state index in [4.69, 9.17) is 0 Å². The summed E-state index contributed by atoms with van der Waals surface area (Å²) in [5, 5.41) is 8.76. The van der Waals surface area contributed by atoms with E-state index in [9.17, 15) is 8.78 Å². The van der Waals surface area contributed by atoms with Gasteiger partial charge < -0.3 is 4.57 Å². The SMILES string of the molecule is Cn1c(CBr)nnc1C1CCC(F)(F)CC1. The van der Waals surface area contributed by atoms with Crippen LogP contribution in [0.4, 0.5) is 8.78 Å². The molecule has 0 atom stereocenters. The fraction of sp³-hybridized carbons (Fsp3) is 0.800. The molecule has 0 unspecified atom stereocenters. The molecule has 3 nitrogen and oxygen atoms in total. The second-order valence-electron chi connectivity index (χ2n) is 4.30. The first kappa shape index (κ1) is 12.0. The highest BCUT2D eigenvalue weighted by Crippen LogP contribution is 2.40. The van der Waals surface area contributed by atoms with Crippen LogP contribution < -0.4 is 0 Å². The van der Waals surface area contributed by atoms with Gasteiger partial charge in [-0.3, -0.25) is 0 Å². The Labute approximate surface area is 101 Å². The maximum absolute atomic E-state index is 13.0. The lowest BCUT2D eigenvalue weighted by atomic mass is 9.86. The Hall–Kier alpha value is -0.520. The smallest absolute Gasteiger partial charge is 0.248 e. The Morgan fingerprint density at radius 2 is 2.00 bits per heavy atom. The predicted octanol–water partition coefficient (Wildman–Crippen LogP) is 3.00. The number of alkyl halides is 3. The lowest BCUT2D eigenvalue weighted by Gasteiger charge is -2.27. The summed E-state index contributed by atoms with van der Waals surface area (Å²) in [4.78, 5) is 0. The fourth-order valence-electron chi connectivity index (χ4n) is 2.15. The molecule has 1 aromatic rings. The van der Waals surface area contributed by atoms with Crippen LogP contribution in [-0.4, -0.2) is 20.7 Å². The van der Waals surface area contributed by atoms with Gasteiger partial charge in [-0.25, -0.2) is 8.78 Å². The zero-order chi connectivity index (χ0) is 11.8. The van der Waals surface area contributed by atoms with Gasteiger partial charge in [0, 0.05) is 25.8 Å². The third-order valence-corrected chi connectivity index (χ3v) is 3.70. The van der Waals surface area contributed by atoms with Crippen molar-refractivity contribution in [2.45, 2.75) is 42.9 Å². The Morgan fingerprint density at radius 1 is 1.38 bits per heavy atom. The molecule has 16 heavy (non-hydrogen) atoms. The van der Waals surface area contributed by atoms with Crippen LogP contribution >= 0.6 is 15.9 Å². The molecule has 0 spiro atoms. The lowest BCUT2D eigenvalue weighted by molar-refractivity contribution is -0.0389. The van der Waals surface area contributed by atoms with Crippen LogP contribution in [0, 0.1) is 0 Å². The van der Waals surface area contributed by atoms with Gasteiger partial charge in [0.1, 0.15) is 11.6 Å². The Balaban J connectivity index is 2.11. The molecule has 90 valence electrons. The van der Waals surface area contributed by atoms with Gasteiger partial charge in [0.25, 0.3) is 0 Å². The zero-order valence-electron chi connectivity index (χ0n) is 9.09. The van der Waals surface area contributed by atoms with Gasteiger partial charge in [0.05, 0.1) is 5.33 Å².